The summed E-state index contributed by atoms with van der Waals surface area (Å²) in [5, 5.41) is 5.75. The van der Waals surface area contributed by atoms with E-state index in [0.717, 1.165) is 11.3 Å². The summed E-state index contributed by atoms with van der Waals surface area (Å²) in [7, 11) is 0. The average Bonchev–Trinajstić information content (AvgIpc) is 2.66. The molecule has 18 heavy (non-hydrogen) atoms. The molecule has 1 heterocycles. The minimum absolute atomic E-state index is 0.146. The van der Waals surface area contributed by atoms with Crippen molar-refractivity contribution in [2.24, 2.45) is 0 Å². The minimum Gasteiger partial charge on any atom is -0.465 e. The third-order valence-electron chi connectivity index (χ3n) is 2.85. The van der Waals surface area contributed by atoms with Crippen LogP contribution in [0, 0.1) is 0 Å². The van der Waals surface area contributed by atoms with Crippen LogP contribution >= 0.6 is 0 Å². The molecule has 0 radical (unpaired) electrons. The number of rotatable bonds is 4. The van der Waals surface area contributed by atoms with Gasteiger partial charge in [-0.05, 0) is 19.9 Å². The van der Waals surface area contributed by atoms with Crippen LogP contribution in [0.2, 0.25) is 0 Å². The highest BCUT2D eigenvalue weighted by atomic mass is 16.5. The molecule has 0 saturated carbocycles. The largest absolute Gasteiger partial charge is 0.465 e. The second-order valence-electron chi connectivity index (χ2n) is 4.15. The number of hydrogen-bond acceptors (Lipinski definition) is 4. The van der Waals surface area contributed by atoms with Crippen molar-refractivity contribution in [3.63, 3.8) is 0 Å². The Morgan fingerprint density at radius 3 is 2.94 bits per heavy atom. The third-order valence-corrected chi connectivity index (χ3v) is 2.85. The number of carbonyl (C=O) groups excluding carboxylic acids is 2. The molecular weight excluding hydrogens is 232 g/mol. The van der Waals surface area contributed by atoms with Gasteiger partial charge in [-0.2, -0.15) is 0 Å². The van der Waals surface area contributed by atoms with Gasteiger partial charge in [0, 0.05) is 11.3 Å². The predicted molar refractivity (Wildman–Crippen MR) is 67.0 cm³/mol. The molecule has 0 spiro atoms. The maximum absolute atomic E-state index is 11.8. The first-order valence-electron chi connectivity index (χ1n) is 5.96. The van der Waals surface area contributed by atoms with Crippen molar-refractivity contribution in [1.29, 1.82) is 0 Å². The SMILES string of the molecule is CCOC(=O)C(C)NC1C(=O)Nc2ccccc21. The number of carbonyl (C=O) groups is 2. The molecular formula is C13H16N2O3. The molecule has 0 bridgehead atoms. The molecule has 1 aliphatic rings. The maximum atomic E-state index is 11.8. The summed E-state index contributed by atoms with van der Waals surface area (Å²) in [6.45, 7) is 3.77. The van der Waals surface area contributed by atoms with E-state index >= 15 is 0 Å². The molecule has 0 fully saturated rings. The number of nitrogens with one attached hydrogen (secondary N) is 2. The Bertz CT molecular complexity index is 473. The summed E-state index contributed by atoms with van der Waals surface area (Å²) in [6.07, 6.45) is 0. The van der Waals surface area contributed by atoms with Gasteiger partial charge in [-0.1, -0.05) is 18.2 Å². The highest BCUT2D eigenvalue weighted by molar-refractivity contribution is 6.02. The lowest BCUT2D eigenvalue weighted by Crippen LogP contribution is -2.40. The van der Waals surface area contributed by atoms with Crippen molar-refractivity contribution >= 4 is 17.6 Å². The molecule has 5 nitrogen and oxygen atoms in total. The Kier molecular flexibility index (Phi) is 3.62. The van der Waals surface area contributed by atoms with Gasteiger partial charge in [0.1, 0.15) is 12.1 Å². The number of para-hydroxylation sites is 1. The van der Waals surface area contributed by atoms with E-state index in [1.54, 1.807) is 13.8 Å². The van der Waals surface area contributed by atoms with Gasteiger partial charge >= 0.3 is 5.97 Å². The fraction of sp³-hybridized carbons (Fsp3) is 0.385. The number of hydrogen-bond donors (Lipinski definition) is 2. The van der Waals surface area contributed by atoms with Gasteiger partial charge in [0.2, 0.25) is 5.91 Å². The van der Waals surface area contributed by atoms with Crippen molar-refractivity contribution in [2.75, 3.05) is 11.9 Å². The normalized spacial score (nSPS) is 19.0. The van der Waals surface area contributed by atoms with E-state index in [1.165, 1.54) is 0 Å². The van der Waals surface area contributed by atoms with E-state index in [2.05, 4.69) is 10.6 Å². The van der Waals surface area contributed by atoms with Gasteiger partial charge in [0.25, 0.3) is 0 Å². The summed E-state index contributed by atoms with van der Waals surface area (Å²) < 4.78 is 4.90. The Morgan fingerprint density at radius 1 is 1.50 bits per heavy atom. The number of esters is 1. The average molecular weight is 248 g/mol. The van der Waals surface area contributed by atoms with Crippen LogP contribution in [0.25, 0.3) is 0 Å². The quantitative estimate of drug-likeness (QED) is 0.786. The van der Waals surface area contributed by atoms with Crippen LogP contribution < -0.4 is 10.6 Å². The van der Waals surface area contributed by atoms with Crippen molar-refractivity contribution < 1.29 is 14.3 Å². The highest BCUT2D eigenvalue weighted by Gasteiger charge is 2.32. The second-order valence-corrected chi connectivity index (χ2v) is 4.15. The van der Waals surface area contributed by atoms with Crippen LogP contribution in [0.1, 0.15) is 25.5 Å². The third kappa shape index (κ3) is 2.36. The molecule has 1 aromatic rings. The Balaban J connectivity index is 2.10. The van der Waals surface area contributed by atoms with E-state index in [1.807, 2.05) is 24.3 Å². The van der Waals surface area contributed by atoms with E-state index < -0.39 is 12.1 Å². The first kappa shape index (κ1) is 12.6. The van der Waals surface area contributed by atoms with Crippen molar-refractivity contribution in [1.82, 2.24) is 5.32 Å². The zero-order chi connectivity index (χ0) is 13.1. The lowest BCUT2D eigenvalue weighted by atomic mass is 10.1. The summed E-state index contributed by atoms with van der Waals surface area (Å²) in [5.41, 5.74) is 1.65. The van der Waals surface area contributed by atoms with Crippen LogP contribution in [-0.2, 0) is 14.3 Å². The van der Waals surface area contributed by atoms with E-state index in [-0.39, 0.29) is 11.9 Å². The van der Waals surface area contributed by atoms with Crippen molar-refractivity contribution in [3.05, 3.63) is 29.8 Å². The molecule has 2 N–H and O–H groups in total. The van der Waals surface area contributed by atoms with E-state index in [9.17, 15) is 9.59 Å². The molecule has 96 valence electrons. The zero-order valence-electron chi connectivity index (χ0n) is 10.4. The molecule has 0 aliphatic carbocycles. The van der Waals surface area contributed by atoms with Crippen LogP contribution in [0.3, 0.4) is 0 Å². The lowest BCUT2D eigenvalue weighted by Gasteiger charge is -2.17. The Labute approximate surface area is 106 Å². The fourth-order valence-corrected chi connectivity index (χ4v) is 1.96. The van der Waals surface area contributed by atoms with Gasteiger partial charge in [0.15, 0.2) is 0 Å². The van der Waals surface area contributed by atoms with E-state index in [0.29, 0.717) is 6.61 Å². The zero-order valence-corrected chi connectivity index (χ0v) is 10.4. The Hall–Kier alpha value is -1.88. The molecule has 2 rings (SSSR count). The molecule has 1 aliphatic heterocycles. The lowest BCUT2D eigenvalue weighted by molar-refractivity contribution is -0.145. The standard InChI is InChI=1S/C13H16N2O3/c1-3-18-13(17)8(2)14-11-9-6-4-5-7-10(9)15-12(11)16/h4-8,11,14H,3H2,1-2H3,(H,15,16). The summed E-state index contributed by atoms with van der Waals surface area (Å²) in [4.78, 5) is 23.4. The first-order valence-corrected chi connectivity index (χ1v) is 5.96. The molecule has 5 heteroatoms. The fourth-order valence-electron chi connectivity index (χ4n) is 1.96. The van der Waals surface area contributed by atoms with Crippen LogP contribution in [0.4, 0.5) is 5.69 Å². The number of fused-ring (bicyclic) bond motifs is 1. The summed E-state index contributed by atoms with van der Waals surface area (Å²) in [5.74, 6) is -0.498. The highest BCUT2D eigenvalue weighted by Crippen LogP contribution is 2.30. The van der Waals surface area contributed by atoms with Crippen LogP contribution in [0.15, 0.2) is 24.3 Å². The summed E-state index contributed by atoms with van der Waals surface area (Å²) in [6, 6.07) is 6.40. The second kappa shape index (κ2) is 5.18. The number of anilines is 1. The molecule has 2 atom stereocenters. The molecule has 0 aromatic heterocycles. The molecule has 0 saturated heterocycles. The van der Waals surface area contributed by atoms with Gasteiger partial charge in [-0.3, -0.25) is 14.9 Å². The van der Waals surface area contributed by atoms with Crippen molar-refractivity contribution in [3.8, 4) is 0 Å². The summed E-state index contributed by atoms with van der Waals surface area (Å²) >= 11 is 0. The molecule has 1 amide bonds. The number of benzene rings is 1. The Morgan fingerprint density at radius 2 is 2.22 bits per heavy atom. The van der Waals surface area contributed by atoms with Gasteiger partial charge in [-0.25, -0.2) is 0 Å². The first-order chi connectivity index (χ1) is 8.63. The van der Waals surface area contributed by atoms with Crippen LogP contribution in [-0.4, -0.2) is 24.5 Å². The minimum atomic E-state index is -0.521. The van der Waals surface area contributed by atoms with Crippen molar-refractivity contribution in [2.45, 2.75) is 25.9 Å². The molecule has 1 aromatic carbocycles. The number of amides is 1. The topological polar surface area (TPSA) is 67.4 Å². The van der Waals surface area contributed by atoms with Gasteiger partial charge in [0.05, 0.1) is 6.61 Å². The number of ether oxygens (including phenoxy) is 1. The molecule has 2 unspecified atom stereocenters. The van der Waals surface area contributed by atoms with Gasteiger partial charge in [-0.15, -0.1) is 0 Å². The van der Waals surface area contributed by atoms with Crippen LogP contribution in [0.5, 0.6) is 0 Å². The van der Waals surface area contributed by atoms with Gasteiger partial charge < -0.3 is 10.1 Å². The predicted octanol–water partition coefficient (Wildman–Crippen LogP) is 1.22. The smallest absolute Gasteiger partial charge is 0.322 e. The van der Waals surface area contributed by atoms with E-state index in [4.69, 9.17) is 4.74 Å². The maximum Gasteiger partial charge on any atom is 0.322 e. The monoisotopic (exact) mass is 248 g/mol.